The van der Waals surface area contributed by atoms with Gasteiger partial charge in [-0.3, -0.25) is 0 Å². The second kappa shape index (κ2) is 9.96. The van der Waals surface area contributed by atoms with Crippen LogP contribution in [0.4, 0.5) is 28.8 Å². The van der Waals surface area contributed by atoms with E-state index in [1.165, 1.54) is 0 Å². The van der Waals surface area contributed by atoms with Gasteiger partial charge in [0.1, 0.15) is 18.2 Å². The van der Waals surface area contributed by atoms with Crippen LogP contribution in [0.5, 0.6) is 5.75 Å². The molecular weight excluding hydrogens is 421 g/mol. The van der Waals surface area contributed by atoms with Gasteiger partial charge in [-0.1, -0.05) is 6.07 Å². The van der Waals surface area contributed by atoms with Crippen LogP contribution in [0.1, 0.15) is 0 Å². The number of aromatic nitrogens is 2. The first-order chi connectivity index (χ1) is 13.7. The van der Waals surface area contributed by atoms with E-state index in [9.17, 15) is 0 Å². The molecule has 142 valence electrons. The fraction of sp³-hybridized carbons (Fsp3) is 0.158. The zero-order valence-corrected chi connectivity index (χ0v) is 16.9. The Morgan fingerprint density at radius 2 is 1.79 bits per heavy atom. The molecule has 7 nitrogen and oxygen atoms in total. The zero-order valence-electron chi connectivity index (χ0n) is 15.3. The Hall–Kier alpha value is -2.78. The summed E-state index contributed by atoms with van der Waals surface area (Å²) in [6, 6.07) is 15.1. The van der Waals surface area contributed by atoms with Gasteiger partial charge in [0, 0.05) is 30.4 Å². The number of nitrogens with one attached hydrogen (secondary N) is 3. The summed E-state index contributed by atoms with van der Waals surface area (Å²) in [7, 11) is 7.10. The van der Waals surface area contributed by atoms with E-state index in [4.69, 9.17) is 17.5 Å². The summed E-state index contributed by atoms with van der Waals surface area (Å²) >= 11 is 3.47. The molecule has 28 heavy (non-hydrogen) atoms. The molecule has 1 aromatic heterocycles. The van der Waals surface area contributed by atoms with E-state index < -0.39 is 0 Å². The summed E-state index contributed by atoms with van der Waals surface area (Å²) in [6.07, 6.45) is 1.69. The van der Waals surface area contributed by atoms with E-state index in [-0.39, 0.29) is 0 Å². The number of halogens is 1. The molecule has 2 radical (unpaired) electrons. The lowest BCUT2D eigenvalue weighted by Crippen LogP contribution is -2.04. The van der Waals surface area contributed by atoms with Crippen molar-refractivity contribution in [2.75, 3.05) is 36.2 Å². The highest BCUT2D eigenvalue weighted by molar-refractivity contribution is 9.10. The average Bonchev–Trinajstić information content (AvgIpc) is 2.72. The maximum atomic E-state index is 5.56. The first-order valence-corrected chi connectivity index (χ1v) is 9.32. The lowest BCUT2D eigenvalue weighted by Gasteiger charge is -2.12. The second-order valence-corrected chi connectivity index (χ2v) is 6.59. The molecular formula is C19H19BBrN5O2. The van der Waals surface area contributed by atoms with Gasteiger partial charge in [-0.15, -0.1) is 0 Å². The van der Waals surface area contributed by atoms with Gasteiger partial charge in [-0.25, -0.2) is 4.98 Å². The molecule has 0 saturated heterocycles. The number of hydrogen-bond donors (Lipinski definition) is 3. The molecule has 3 aromatic rings. The minimum Gasteiger partial charge on any atom is -0.491 e. The third-order valence-electron chi connectivity index (χ3n) is 3.70. The summed E-state index contributed by atoms with van der Waals surface area (Å²) in [4.78, 5) is 8.83. The molecule has 2 aromatic carbocycles. The monoisotopic (exact) mass is 439 g/mol. The second-order valence-electron chi connectivity index (χ2n) is 5.73. The van der Waals surface area contributed by atoms with Gasteiger partial charge >= 0.3 is 0 Å². The van der Waals surface area contributed by atoms with E-state index >= 15 is 0 Å². The quantitative estimate of drug-likeness (QED) is 0.339. The number of nitrogens with zero attached hydrogens (tertiary/aromatic N) is 2. The largest absolute Gasteiger partial charge is 0.491 e. The number of benzene rings is 2. The van der Waals surface area contributed by atoms with Crippen LogP contribution in [0.2, 0.25) is 0 Å². The fourth-order valence-electron chi connectivity index (χ4n) is 2.34. The Balaban J connectivity index is 1.68. The Morgan fingerprint density at radius 3 is 2.54 bits per heavy atom. The fourth-order valence-corrected chi connectivity index (χ4v) is 2.64. The molecule has 0 atom stereocenters. The lowest BCUT2D eigenvalue weighted by molar-refractivity contribution is 0.146. The van der Waals surface area contributed by atoms with E-state index in [2.05, 4.69) is 41.8 Å². The summed E-state index contributed by atoms with van der Waals surface area (Å²) in [5, 5.41) is 9.04. The van der Waals surface area contributed by atoms with Crippen molar-refractivity contribution in [2.45, 2.75) is 0 Å². The third-order valence-corrected chi connectivity index (χ3v) is 4.28. The summed E-state index contributed by atoms with van der Waals surface area (Å²) in [6.45, 7) is 1.06. The molecule has 0 aliphatic rings. The van der Waals surface area contributed by atoms with Crippen molar-refractivity contribution < 1.29 is 9.47 Å². The van der Waals surface area contributed by atoms with E-state index in [1.54, 1.807) is 13.3 Å². The molecule has 9 heteroatoms. The summed E-state index contributed by atoms with van der Waals surface area (Å²) < 4.78 is 11.3. The van der Waals surface area contributed by atoms with Gasteiger partial charge in [-0.2, -0.15) is 4.98 Å². The highest BCUT2D eigenvalue weighted by Crippen LogP contribution is 2.26. The minimum absolute atomic E-state index is 0.465. The standard InChI is InChI=1S/C19H19BBrN5O2/c1-27-9-10-28-16-7-5-13(6-8-16)24-19-22-12-17(21)18(25-19)23-14-3-2-4-15(11-14)26-20/h2-8,11-12,26H,9-10H2,1H3,(H2,22,23,24,25). The van der Waals surface area contributed by atoms with Crippen LogP contribution in [-0.4, -0.2) is 38.3 Å². The van der Waals surface area contributed by atoms with Crippen LogP contribution in [-0.2, 0) is 4.74 Å². The molecule has 3 N–H and O–H groups in total. The zero-order chi connectivity index (χ0) is 19.8. The smallest absolute Gasteiger partial charge is 0.229 e. The lowest BCUT2D eigenvalue weighted by atomic mass is 10.2. The molecule has 0 aliphatic carbocycles. The Morgan fingerprint density at radius 1 is 1.00 bits per heavy atom. The van der Waals surface area contributed by atoms with Crippen molar-refractivity contribution >= 4 is 52.7 Å². The van der Waals surface area contributed by atoms with Crippen LogP contribution in [0.25, 0.3) is 0 Å². The Kier molecular flexibility index (Phi) is 7.10. The van der Waals surface area contributed by atoms with E-state index in [0.717, 1.165) is 27.3 Å². The third kappa shape index (κ3) is 5.61. The van der Waals surface area contributed by atoms with Gasteiger partial charge in [0.25, 0.3) is 0 Å². The maximum absolute atomic E-state index is 5.56. The highest BCUT2D eigenvalue weighted by atomic mass is 79.9. The SMILES string of the molecule is [B]Nc1cccc(Nc2nc(Nc3ccc(OCCOC)cc3)ncc2Br)c1. The average molecular weight is 440 g/mol. The van der Waals surface area contributed by atoms with Gasteiger partial charge < -0.3 is 25.3 Å². The molecule has 0 aliphatic heterocycles. The predicted molar refractivity (Wildman–Crippen MR) is 116 cm³/mol. The maximum Gasteiger partial charge on any atom is 0.229 e. The van der Waals surface area contributed by atoms with Gasteiger partial charge in [0.05, 0.1) is 11.1 Å². The van der Waals surface area contributed by atoms with E-state index in [0.29, 0.717) is 25.0 Å². The Bertz CT molecular complexity index is 911. The van der Waals surface area contributed by atoms with Gasteiger partial charge in [0.15, 0.2) is 0 Å². The van der Waals surface area contributed by atoms with E-state index in [1.807, 2.05) is 48.5 Å². The van der Waals surface area contributed by atoms with Gasteiger partial charge in [-0.05, 0) is 58.4 Å². The molecule has 0 amide bonds. The van der Waals surface area contributed by atoms with Crippen LogP contribution in [0.3, 0.4) is 0 Å². The summed E-state index contributed by atoms with van der Waals surface area (Å²) in [5.74, 6) is 1.87. The number of ether oxygens (including phenoxy) is 2. The number of methoxy groups -OCH3 is 1. The molecule has 0 bridgehead atoms. The molecule has 0 fully saturated rings. The van der Waals surface area contributed by atoms with Crippen molar-refractivity contribution in [3.05, 3.63) is 59.2 Å². The van der Waals surface area contributed by atoms with Crippen molar-refractivity contribution in [1.82, 2.24) is 9.97 Å². The predicted octanol–water partition coefficient (Wildman–Crippen LogP) is 4.25. The van der Waals surface area contributed by atoms with Crippen molar-refractivity contribution in [1.29, 1.82) is 0 Å². The summed E-state index contributed by atoms with van der Waals surface area (Å²) in [5.41, 5.74) is 2.49. The van der Waals surface area contributed by atoms with Crippen LogP contribution >= 0.6 is 15.9 Å². The highest BCUT2D eigenvalue weighted by Gasteiger charge is 2.07. The van der Waals surface area contributed by atoms with Crippen molar-refractivity contribution in [2.24, 2.45) is 0 Å². The van der Waals surface area contributed by atoms with Crippen molar-refractivity contribution in [3.63, 3.8) is 0 Å². The number of anilines is 5. The molecule has 0 spiro atoms. The molecule has 1 heterocycles. The normalized spacial score (nSPS) is 10.4. The Labute approximate surface area is 173 Å². The molecule has 0 saturated carbocycles. The first-order valence-electron chi connectivity index (χ1n) is 8.53. The molecule has 0 unspecified atom stereocenters. The minimum atomic E-state index is 0.465. The van der Waals surface area contributed by atoms with Crippen LogP contribution in [0.15, 0.2) is 59.2 Å². The topological polar surface area (TPSA) is 80.3 Å². The van der Waals surface area contributed by atoms with Crippen molar-refractivity contribution in [3.8, 4) is 5.75 Å². The van der Waals surface area contributed by atoms with Gasteiger partial charge in [0.2, 0.25) is 13.9 Å². The van der Waals surface area contributed by atoms with Crippen LogP contribution in [0, 0.1) is 0 Å². The molecule has 3 rings (SSSR count). The first kappa shape index (κ1) is 20.0. The number of hydrogen-bond acceptors (Lipinski definition) is 7. The number of rotatable bonds is 9. The van der Waals surface area contributed by atoms with Crippen LogP contribution < -0.4 is 20.6 Å².